The van der Waals surface area contributed by atoms with Crippen LogP contribution < -0.4 is 5.32 Å². The Morgan fingerprint density at radius 2 is 0.838 bits per heavy atom. The maximum absolute atomic E-state index is 13.1. The summed E-state index contributed by atoms with van der Waals surface area (Å²) in [4.78, 5) is 13.1. The molecule has 3 saturated heterocycles. The summed E-state index contributed by atoms with van der Waals surface area (Å²) < 4.78 is 33.9. The van der Waals surface area contributed by atoms with Crippen LogP contribution in [0.2, 0.25) is 0 Å². The summed E-state index contributed by atoms with van der Waals surface area (Å²) in [5, 5.41) is 119. The molecule has 17 atom stereocenters. The molecule has 17 unspecified atom stereocenters. The molecular formula is C49H93NO18. The van der Waals surface area contributed by atoms with Crippen LogP contribution in [0.25, 0.3) is 0 Å². The quantitative estimate of drug-likeness (QED) is 0.0397. The number of amides is 1. The minimum atomic E-state index is -1.97. The molecule has 402 valence electrons. The predicted octanol–water partition coefficient (Wildman–Crippen LogP) is 2.09. The number of unbranched alkanes of at least 4 members (excludes halogenated alkanes) is 21. The second-order valence-electron chi connectivity index (χ2n) is 19.4. The highest BCUT2D eigenvalue weighted by atomic mass is 16.8. The van der Waals surface area contributed by atoms with Gasteiger partial charge in [0.2, 0.25) is 5.91 Å². The Morgan fingerprint density at radius 3 is 1.28 bits per heavy atom. The molecule has 3 rings (SSSR count). The first kappa shape index (κ1) is 61.1. The van der Waals surface area contributed by atoms with Gasteiger partial charge in [-0.15, -0.1) is 0 Å². The van der Waals surface area contributed by atoms with Gasteiger partial charge in [0.15, 0.2) is 18.9 Å². The molecule has 0 aromatic rings. The van der Waals surface area contributed by atoms with Crippen LogP contribution in [0.5, 0.6) is 0 Å². The van der Waals surface area contributed by atoms with Gasteiger partial charge in [-0.3, -0.25) is 4.79 Å². The lowest BCUT2D eigenvalue weighted by molar-refractivity contribution is -0.379. The number of hydrogen-bond donors (Lipinski definition) is 12. The average molecular weight is 984 g/mol. The third-order valence-electron chi connectivity index (χ3n) is 13.7. The van der Waals surface area contributed by atoms with Gasteiger partial charge < -0.3 is 89.9 Å². The van der Waals surface area contributed by atoms with Gasteiger partial charge in [0.05, 0.1) is 38.6 Å². The van der Waals surface area contributed by atoms with Crippen LogP contribution in [0.1, 0.15) is 174 Å². The van der Waals surface area contributed by atoms with E-state index in [4.69, 9.17) is 28.4 Å². The molecule has 0 spiro atoms. The Kier molecular flexibility index (Phi) is 31.5. The van der Waals surface area contributed by atoms with E-state index < -0.39 is 124 Å². The Bertz CT molecular complexity index is 1270. The number of hydrogen-bond acceptors (Lipinski definition) is 18. The predicted molar refractivity (Wildman–Crippen MR) is 250 cm³/mol. The molecule has 68 heavy (non-hydrogen) atoms. The van der Waals surface area contributed by atoms with Crippen molar-refractivity contribution < 1.29 is 89.4 Å². The van der Waals surface area contributed by atoms with Gasteiger partial charge in [-0.05, 0) is 12.8 Å². The molecule has 0 aromatic heterocycles. The van der Waals surface area contributed by atoms with Crippen molar-refractivity contribution >= 4 is 5.91 Å². The smallest absolute Gasteiger partial charge is 0.220 e. The molecule has 0 bridgehead atoms. The van der Waals surface area contributed by atoms with Gasteiger partial charge >= 0.3 is 0 Å². The van der Waals surface area contributed by atoms with Gasteiger partial charge in [0.1, 0.15) is 73.2 Å². The topological polar surface area (TPSA) is 307 Å². The number of aliphatic hydroxyl groups excluding tert-OH is 11. The minimum Gasteiger partial charge on any atom is -0.394 e. The average Bonchev–Trinajstić information content (AvgIpc) is 3.33. The Balaban J connectivity index is 1.40. The van der Waals surface area contributed by atoms with Gasteiger partial charge in [-0.1, -0.05) is 155 Å². The summed E-state index contributed by atoms with van der Waals surface area (Å²) in [6.45, 7) is 1.59. The second kappa shape index (κ2) is 35.0. The van der Waals surface area contributed by atoms with Crippen LogP contribution >= 0.6 is 0 Å². The molecule has 3 aliphatic rings. The zero-order valence-corrected chi connectivity index (χ0v) is 41.1. The van der Waals surface area contributed by atoms with Crippen molar-refractivity contribution in [2.45, 2.75) is 279 Å². The molecular weight excluding hydrogens is 891 g/mol. The van der Waals surface area contributed by atoms with Crippen molar-refractivity contribution in [1.29, 1.82) is 0 Å². The van der Waals surface area contributed by atoms with Crippen LogP contribution in [0.15, 0.2) is 0 Å². The SMILES string of the molecule is CCCCCCCCCCCCCCCCCCCCCCC(=O)NC(COC1OC(CO)C(OC2OC(CO)C(OC3OC(CO)C(O)C(O)C3O)C(O)C2O)C(O)C1O)C(O)CCCCC. The molecule has 3 aliphatic heterocycles. The van der Waals surface area contributed by atoms with E-state index in [1.165, 1.54) is 103 Å². The van der Waals surface area contributed by atoms with E-state index in [1.54, 1.807) is 0 Å². The molecule has 19 heteroatoms. The van der Waals surface area contributed by atoms with Crippen LogP contribution in [-0.2, 0) is 33.2 Å². The van der Waals surface area contributed by atoms with E-state index in [1.807, 2.05) is 6.92 Å². The van der Waals surface area contributed by atoms with Gasteiger partial charge in [-0.25, -0.2) is 0 Å². The number of ether oxygens (including phenoxy) is 6. The van der Waals surface area contributed by atoms with Gasteiger partial charge in [-0.2, -0.15) is 0 Å². The highest BCUT2D eigenvalue weighted by Gasteiger charge is 2.53. The van der Waals surface area contributed by atoms with Crippen molar-refractivity contribution in [3.8, 4) is 0 Å². The van der Waals surface area contributed by atoms with E-state index in [0.29, 0.717) is 19.3 Å². The summed E-state index contributed by atoms with van der Waals surface area (Å²) in [7, 11) is 0. The number of aliphatic hydroxyl groups is 11. The molecule has 3 fully saturated rings. The van der Waals surface area contributed by atoms with Crippen LogP contribution in [0.4, 0.5) is 0 Å². The van der Waals surface area contributed by atoms with Crippen LogP contribution in [0.3, 0.4) is 0 Å². The number of carbonyl (C=O) groups is 1. The maximum Gasteiger partial charge on any atom is 0.220 e. The summed E-state index contributed by atoms with van der Waals surface area (Å²) in [6, 6.07) is -0.875. The fraction of sp³-hybridized carbons (Fsp3) is 0.980. The third-order valence-corrected chi connectivity index (χ3v) is 13.7. The lowest BCUT2D eigenvalue weighted by atomic mass is 9.96. The Hall–Kier alpha value is -1.21. The molecule has 0 radical (unpaired) electrons. The van der Waals surface area contributed by atoms with Crippen molar-refractivity contribution in [2.75, 3.05) is 26.4 Å². The standard InChI is InChI=1S/C49H93NO18/c1-3-5-7-8-9-10-11-12-13-14-15-16-17-18-19-20-21-22-23-25-27-37(55)50-32(33(54)26-24-6-4-2)31-63-47-43(61)40(58)45(35(29-52)65-47)68-49-44(62)41(59)46(36(30-53)66-49)67-48-42(60)39(57)38(56)34(28-51)64-48/h32-36,38-49,51-54,56-62H,3-31H2,1-2H3,(H,50,55). The normalized spacial score (nSPS) is 33.1. The maximum atomic E-state index is 13.1. The number of rotatable bonds is 37. The second-order valence-corrected chi connectivity index (χ2v) is 19.4. The van der Waals surface area contributed by atoms with E-state index in [2.05, 4.69) is 12.2 Å². The largest absolute Gasteiger partial charge is 0.394 e. The molecule has 0 saturated carbocycles. The monoisotopic (exact) mass is 984 g/mol. The highest BCUT2D eigenvalue weighted by molar-refractivity contribution is 5.76. The van der Waals surface area contributed by atoms with Crippen molar-refractivity contribution in [2.24, 2.45) is 0 Å². The molecule has 0 aromatic carbocycles. The Morgan fingerprint density at radius 1 is 0.471 bits per heavy atom. The summed E-state index contributed by atoms with van der Waals surface area (Å²) in [6.07, 6.45) is 1.91. The fourth-order valence-electron chi connectivity index (χ4n) is 9.25. The Labute approximate surface area is 404 Å². The lowest BCUT2D eigenvalue weighted by Gasteiger charge is -2.48. The van der Waals surface area contributed by atoms with E-state index >= 15 is 0 Å². The van der Waals surface area contributed by atoms with Crippen molar-refractivity contribution in [3.63, 3.8) is 0 Å². The van der Waals surface area contributed by atoms with Crippen molar-refractivity contribution in [3.05, 3.63) is 0 Å². The van der Waals surface area contributed by atoms with Gasteiger partial charge in [0.25, 0.3) is 0 Å². The van der Waals surface area contributed by atoms with Crippen molar-refractivity contribution in [1.82, 2.24) is 5.32 Å². The number of nitrogens with one attached hydrogen (secondary N) is 1. The zero-order chi connectivity index (χ0) is 49.8. The fourth-order valence-corrected chi connectivity index (χ4v) is 9.25. The number of carbonyl (C=O) groups excluding carboxylic acids is 1. The summed E-state index contributed by atoms with van der Waals surface area (Å²) in [5.74, 6) is -0.252. The third kappa shape index (κ3) is 20.7. The molecule has 12 N–H and O–H groups in total. The molecule has 19 nitrogen and oxygen atoms in total. The first-order chi connectivity index (χ1) is 32.8. The molecule has 1 amide bonds. The van der Waals surface area contributed by atoms with Crippen LogP contribution in [0, 0.1) is 0 Å². The zero-order valence-electron chi connectivity index (χ0n) is 41.1. The molecule has 3 heterocycles. The first-order valence-corrected chi connectivity index (χ1v) is 26.3. The van der Waals surface area contributed by atoms with E-state index in [-0.39, 0.29) is 18.9 Å². The molecule has 0 aliphatic carbocycles. The minimum absolute atomic E-state index is 0.252. The van der Waals surface area contributed by atoms with Crippen LogP contribution in [-0.4, -0.2) is 193 Å². The summed E-state index contributed by atoms with van der Waals surface area (Å²) >= 11 is 0. The summed E-state index contributed by atoms with van der Waals surface area (Å²) in [5.41, 5.74) is 0. The van der Waals surface area contributed by atoms with Gasteiger partial charge in [0, 0.05) is 6.42 Å². The lowest BCUT2D eigenvalue weighted by Crippen LogP contribution is -2.66. The van der Waals surface area contributed by atoms with E-state index in [9.17, 15) is 61.0 Å². The van der Waals surface area contributed by atoms with E-state index in [0.717, 1.165) is 32.1 Å². The first-order valence-electron chi connectivity index (χ1n) is 26.3. The highest BCUT2D eigenvalue weighted by Crippen LogP contribution is 2.33.